The molecular formula is C12H16N2S2. The Hall–Kier alpha value is -0.710. The maximum atomic E-state index is 4.59. The van der Waals surface area contributed by atoms with Gasteiger partial charge >= 0.3 is 0 Å². The zero-order valence-electron chi connectivity index (χ0n) is 9.78. The number of thiophene rings is 1. The minimum atomic E-state index is 0.251. The van der Waals surface area contributed by atoms with Crippen molar-refractivity contribution in [2.75, 3.05) is 6.54 Å². The molecule has 0 saturated carbocycles. The van der Waals surface area contributed by atoms with Crippen molar-refractivity contribution in [1.29, 1.82) is 0 Å². The van der Waals surface area contributed by atoms with Crippen LogP contribution in [0.15, 0.2) is 16.8 Å². The van der Waals surface area contributed by atoms with Crippen LogP contribution in [0.25, 0.3) is 0 Å². The van der Waals surface area contributed by atoms with Gasteiger partial charge in [-0.15, -0.1) is 22.7 Å². The Morgan fingerprint density at radius 3 is 2.69 bits per heavy atom. The van der Waals surface area contributed by atoms with Crippen LogP contribution in [0.4, 0.5) is 0 Å². The lowest BCUT2D eigenvalue weighted by Crippen LogP contribution is -2.22. The molecule has 86 valence electrons. The lowest BCUT2D eigenvalue weighted by Gasteiger charge is -2.15. The van der Waals surface area contributed by atoms with Gasteiger partial charge in [-0.25, -0.2) is 4.98 Å². The van der Waals surface area contributed by atoms with Crippen molar-refractivity contribution in [3.63, 3.8) is 0 Å². The molecule has 0 saturated heterocycles. The highest BCUT2D eigenvalue weighted by Crippen LogP contribution is 2.28. The van der Waals surface area contributed by atoms with E-state index in [0.717, 1.165) is 17.2 Å². The first kappa shape index (κ1) is 11.8. The van der Waals surface area contributed by atoms with Crippen LogP contribution in [-0.2, 0) is 0 Å². The molecule has 1 unspecified atom stereocenters. The molecule has 1 N–H and O–H groups in total. The van der Waals surface area contributed by atoms with Gasteiger partial charge in [0, 0.05) is 10.3 Å². The number of nitrogens with zero attached hydrogens (tertiary/aromatic N) is 1. The summed E-state index contributed by atoms with van der Waals surface area (Å²) in [5.41, 5.74) is 2.50. The lowest BCUT2D eigenvalue weighted by atomic mass is 10.1. The second-order valence-electron chi connectivity index (χ2n) is 3.71. The van der Waals surface area contributed by atoms with Crippen LogP contribution in [0.5, 0.6) is 0 Å². The van der Waals surface area contributed by atoms with E-state index in [0.29, 0.717) is 0 Å². The Kier molecular flexibility index (Phi) is 3.74. The Morgan fingerprint density at radius 1 is 1.38 bits per heavy atom. The van der Waals surface area contributed by atoms with Gasteiger partial charge in [-0.05, 0) is 37.4 Å². The van der Waals surface area contributed by atoms with Crippen molar-refractivity contribution in [3.05, 3.63) is 38.0 Å². The third kappa shape index (κ3) is 2.34. The number of hydrogen-bond acceptors (Lipinski definition) is 4. The van der Waals surface area contributed by atoms with E-state index in [2.05, 4.69) is 47.9 Å². The first-order chi connectivity index (χ1) is 7.72. The molecule has 0 radical (unpaired) electrons. The first-order valence-electron chi connectivity index (χ1n) is 5.41. The minimum absolute atomic E-state index is 0.251. The first-order valence-corrected chi connectivity index (χ1v) is 7.17. The predicted molar refractivity (Wildman–Crippen MR) is 71.4 cm³/mol. The van der Waals surface area contributed by atoms with Crippen LogP contribution in [0, 0.1) is 13.8 Å². The molecule has 4 heteroatoms. The van der Waals surface area contributed by atoms with E-state index in [1.54, 1.807) is 22.7 Å². The molecule has 2 aromatic heterocycles. The maximum absolute atomic E-state index is 4.59. The Balaban J connectivity index is 2.34. The SMILES string of the molecule is CCNC(c1csc(C)n1)c1ccsc1C. The fourth-order valence-electron chi connectivity index (χ4n) is 1.78. The van der Waals surface area contributed by atoms with Gasteiger partial charge in [0.1, 0.15) is 0 Å². The molecule has 0 fully saturated rings. The van der Waals surface area contributed by atoms with Gasteiger partial charge < -0.3 is 5.32 Å². The fraction of sp³-hybridized carbons (Fsp3) is 0.417. The van der Waals surface area contributed by atoms with Crippen molar-refractivity contribution >= 4 is 22.7 Å². The van der Waals surface area contributed by atoms with Gasteiger partial charge in [-0.2, -0.15) is 0 Å². The topological polar surface area (TPSA) is 24.9 Å². The molecule has 2 heterocycles. The summed E-state index contributed by atoms with van der Waals surface area (Å²) in [6, 6.07) is 2.45. The lowest BCUT2D eigenvalue weighted by molar-refractivity contribution is 0.617. The van der Waals surface area contributed by atoms with Gasteiger partial charge in [0.05, 0.1) is 16.7 Å². The summed E-state index contributed by atoms with van der Waals surface area (Å²) in [5.74, 6) is 0. The molecule has 0 aliphatic heterocycles. The van der Waals surface area contributed by atoms with Gasteiger partial charge in [0.25, 0.3) is 0 Å². The molecule has 2 rings (SSSR count). The third-order valence-corrected chi connectivity index (χ3v) is 4.20. The molecule has 1 atom stereocenters. The minimum Gasteiger partial charge on any atom is -0.305 e. The van der Waals surface area contributed by atoms with Crippen molar-refractivity contribution in [3.8, 4) is 0 Å². The summed E-state index contributed by atoms with van der Waals surface area (Å²) < 4.78 is 0. The average molecular weight is 252 g/mol. The number of thiazole rings is 1. The highest BCUT2D eigenvalue weighted by molar-refractivity contribution is 7.10. The highest BCUT2D eigenvalue weighted by Gasteiger charge is 2.18. The molecule has 2 nitrogen and oxygen atoms in total. The van der Waals surface area contributed by atoms with Gasteiger partial charge in [0.2, 0.25) is 0 Å². The standard InChI is InChI=1S/C12H16N2S2/c1-4-13-12(10-5-6-15-8(10)2)11-7-16-9(3)14-11/h5-7,12-13H,4H2,1-3H3. The van der Waals surface area contributed by atoms with Gasteiger partial charge in [0.15, 0.2) is 0 Å². The molecule has 16 heavy (non-hydrogen) atoms. The molecule has 0 bridgehead atoms. The van der Waals surface area contributed by atoms with Crippen LogP contribution in [0.2, 0.25) is 0 Å². The van der Waals surface area contributed by atoms with Gasteiger partial charge in [-0.3, -0.25) is 0 Å². The van der Waals surface area contributed by atoms with E-state index >= 15 is 0 Å². The molecular weight excluding hydrogens is 236 g/mol. The summed E-state index contributed by atoms with van der Waals surface area (Å²) in [7, 11) is 0. The Bertz CT molecular complexity index is 459. The molecule has 0 spiro atoms. The zero-order valence-corrected chi connectivity index (χ0v) is 11.4. The number of nitrogens with one attached hydrogen (secondary N) is 1. The van der Waals surface area contributed by atoms with Crippen molar-refractivity contribution in [2.45, 2.75) is 26.8 Å². The van der Waals surface area contributed by atoms with Crippen molar-refractivity contribution in [1.82, 2.24) is 10.3 Å². The number of aryl methyl sites for hydroxylation is 2. The maximum Gasteiger partial charge on any atom is 0.0898 e. The molecule has 0 aromatic carbocycles. The van der Waals surface area contributed by atoms with E-state index in [1.165, 1.54) is 10.4 Å². The largest absolute Gasteiger partial charge is 0.305 e. The average Bonchev–Trinajstić information content (AvgIpc) is 2.84. The van der Waals surface area contributed by atoms with Crippen LogP contribution in [0.1, 0.15) is 34.1 Å². The highest BCUT2D eigenvalue weighted by atomic mass is 32.1. The summed E-state index contributed by atoms with van der Waals surface area (Å²) in [6.07, 6.45) is 0. The van der Waals surface area contributed by atoms with Crippen molar-refractivity contribution in [2.24, 2.45) is 0 Å². The van der Waals surface area contributed by atoms with Crippen LogP contribution < -0.4 is 5.32 Å². The summed E-state index contributed by atoms with van der Waals surface area (Å²) in [4.78, 5) is 5.96. The molecule has 0 aliphatic carbocycles. The Labute approximate surface area is 104 Å². The predicted octanol–water partition coefficient (Wildman–Crippen LogP) is 3.52. The third-order valence-electron chi connectivity index (χ3n) is 2.55. The number of rotatable bonds is 4. The monoisotopic (exact) mass is 252 g/mol. The number of aromatic nitrogens is 1. The summed E-state index contributed by atoms with van der Waals surface area (Å²) >= 11 is 3.51. The molecule has 0 aliphatic rings. The smallest absolute Gasteiger partial charge is 0.0898 e. The van der Waals surface area contributed by atoms with E-state index in [9.17, 15) is 0 Å². The summed E-state index contributed by atoms with van der Waals surface area (Å²) in [6.45, 7) is 7.31. The summed E-state index contributed by atoms with van der Waals surface area (Å²) in [5, 5.41) is 8.94. The second kappa shape index (κ2) is 5.08. The Morgan fingerprint density at radius 2 is 2.19 bits per heavy atom. The van der Waals surface area contributed by atoms with Crippen LogP contribution in [-0.4, -0.2) is 11.5 Å². The molecule has 0 amide bonds. The second-order valence-corrected chi connectivity index (χ2v) is 5.90. The quantitative estimate of drug-likeness (QED) is 0.900. The van der Waals surface area contributed by atoms with Crippen LogP contribution in [0.3, 0.4) is 0 Å². The van der Waals surface area contributed by atoms with E-state index in [-0.39, 0.29) is 6.04 Å². The fourth-order valence-corrected chi connectivity index (χ4v) is 3.16. The normalized spacial score (nSPS) is 12.9. The zero-order chi connectivity index (χ0) is 11.5. The van der Waals surface area contributed by atoms with E-state index in [1.807, 2.05) is 0 Å². The van der Waals surface area contributed by atoms with E-state index < -0.39 is 0 Å². The van der Waals surface area contributed by atoms with Crippen LogP contribution >= 0.6 is 22.7 Å². The van der Waals surface area contributed by atoms with Gasteiger partial charge in [-0.1, -0.05) is 6.92 Å². The van der Waals surface area contributed by atoms with E-state index in [4.69, 9.17) is 0 Å². The molecule has 2 aromatic rings. The number of hydrogen-bond donors (Lipinski definition) is 1. The van der Waals surface area contributed by atoms with Crippen molar-refractivity contribution < 1.29 is 0 Å².